The van der Waals surface area contributed by atoms with E-state index in [1.165, 1.54) is 77.5 Å². The van der Waals surface area contributed by atoms with E-state index in [-0.39, 0.29) is 0 Å². The van der Waals surface area contributed by atoms with Gasteiger partial charge in [-0.1, -0.05) is 176 Å². The number of nitrogens with zero attached hydrogens (tertiary/aromatic N) is 3. The fourth-order valence-corrected chi connectivity index (χ4v) is 11.5. The molecule has 0 N–H and O–H groups in total. The van der Waals surface area contributed by atoms with E-state index < -0.39 is 5.41 Å². The Labute approximate surface area is 371 Å². The van der Waals surface area contributed by atoms with Gasteiger partial charge in [0.15, 0.2) is 5.82 Å². The lowest BCUT2D eigenvalue weighted by atomic mass is 9.69. The van der Waals surface area contributed by atoms with Crippen molar-refractivity contribution < 1.29 is 0 Å². The first-order valence-electron chi connectivity index (χ1n) is 22.1. The Morgan fingerprint density at radius 1 is 0.344 bits per heavy atom. The maximum atomic E-state index is 5.71. The molecule has 0 saturated carbocycles. The number of hydrogen-bond donors (Lipinski definition) is 0. The van der Waals surface area contributed by atoms with Crippen molar-refractivity contribution >= 4 is 38.7 Å². The molecule has 0 saturated heterocycles. The van der Waals surface area contributed by atoms with Crippen LogP contribution in [-0.2, 0) is 5.41 Å². The third-order valence-corrected chi connectivity index (χ3v) is 14.0. The standard InChI is InChI=1S/C61H37N3/c1-4-18-39(19-5-1)59-47-28-12-15-33-54(47)62-60(63-59)58-56-48-30-17-21-38-20-16-29-45(55(38)48)49(56)37-53-57(58)46-35-34-42(64(40-22-6-2-7-23-40)41-24-8-3-9-25-41)36-52(46)61(53)50-31-13-10-26-43(50)44-27-11-14-32-51(44)61/h1-37H. The molecule has 11 aromatic rings. The second-order valence-electron chi connectivity index (χ2n) is 17.2. The summed E-state index contributed by atoms with van der Waals surface area (Å²) in [6, 6.07) is 82.0. The molecule has 0 atom stereocenters. The van der Waals surface area contributed by atoms with Crippen LogP contribution in [0.15, 0.2) is 224 Å². The summed E-state index contributed by atoms with van der Waals surface area (Å²) < 4.78 is 0. The number of fused-ring (bicyclic) bond motifs is 14. The van der Waals surface area contributed by atoms with E-state index in [1.807, 2.05) is 0 Å². The van der Waals surface area contributed by atoms with Crippen molar-refractivity contribution in [1.82, 2.24) is 9.97 Å². The van der Waals surface area contributed by atoms with Crippen LogP contribution in [0, 0.1) is 0 Å². The fourth-order valence-electron chi connectivity index (χ4n) is 11.5. The molecule has 3 aliphatic rings. The highest BCUT2D eigenvalue weighted by atomic mass is 15.1. The summed E-state index contributed by atoms with van der Waals surface area (Å²) in [4.78, 5) is 13.7. The molecule has 64 heavy (non-hydrogen) atoms. The summed E-state index contributed by atoms with van der Waals surface area (Å²) >= 11 is 0. The zero-order valence-electron chi connectivity index (χ0n) is 34.7. The van der Waals surface area contributed by atoms with Gasteiger partial charge in [0.05, 0.1) is 16.6 Å². The average Bonchev–Trinajstić information content (AvgIpc) is 3.96. The van der Waals surface area contributed by atoms with Crippen LogP contribution in [0.2, 0.25) is 0 Å². The van der Waals surface area contributed by atoms with E-state index in [0.29, 0.717) is 0 Å². The van der Waals surface area contributed by atoms with E-state index in [0.717, 1.165) is 50.6 Å². The predicted molar refractivity (Wildman–Crippen MR) is 263 cm³/mol. The summed E-state index contributed by atoms with van der Waals surface area (Å²) in [6.07, 6.45) is 0. The van der Waals surface area contributed by atoms with Crippen LogP contribution in [0.4, 0.5) is 17.1 Å². The Hall–Kier alpha value is -8.40. The molecule has 3 aliphatic carbocycles. The van der Waals surface area contributed by atoms with E-state index in [2.05, 4.69) is 229 Å². The van der Waals surface area contributed by atoms with Crippen molar-refractivity contribution in [2.75, 3.05) is 4.90 Å². The van der Waals surface area contributed by atoms with Gasteiger partial charge >= 0.3 is 0 Å². The molecule has 1 aromatic heterocycles. The molecule has 10 aromatic carbocycles. The summed E-state index contributed by atoms with van der Waals surface area (Å²) in [5.74, 6) is 0.734. The number of para-hydroxylation sites is 3. The summed E-state index contributed by atoms with van der Waals surface area (Å²) in [6.45, 7) is 0. The van der Waals surface area contributed by atoms with Crippen LogP contribution >= 0.6 is 0 Å². The lowest BCUT2D eigenvalue weighted by Gasteiger charge is -2.32. The molecular formula is C61H37N3. The maximum absolute atomic E-state index is 5.71. The molecule has 0 radical (unpaired) electrons. The number of anilines is 3. The first kappa shape index (κ1) is 35.2. The van der Waals surface area contributed by atoms with Gasteiger partial charge in [-0.3, -0.25) is 0 Å². The molecule has 14 rings (SSSR count). The van der Waals surface area contributed by atoms with Gasteiger partial charge in [0.25, 0.3) is 0 Å². The zero-order valence-corrected chi connectivity index (χ0v) is 34.7. The van der Waals surface area contributed by atoms with Crippen LogP contribution in [0.1, 0.15) is 22.3 Å². The lowest BCUT2D eigenvalue weighted by molar-refractivity contribution is 0.794. The number of aromatic nitrogens is 2. The van der Waals surface area contributed by atoms with Gasteiger partial charge in [-0.15, -0.1) is 0 Å². The predicted octanol–water partition coefficient (Wildman–Crippen LogP) is 15.6. The third kappa shape index (κ3) is 4.70. The SMILES string of the molecule is c1ccc(-c2nc(-c3c4c(cc5c3-c3ccc(N(c6ccccc6)c6ccccc6)cc3C53c5ccccc5-c5ccccc53)-c3cccc5cccc-4c35)nc3ccccc23)cc1. The average molecular weight is 812 g/mol. The van der Waals surface area contributed by atoms with Crippen molar-refractivity contribution in [2.45, 2.75) is 5.41 Å². The molecule has 1 heterocycles. The van der Waals surface area contributed by atoms with Gasteiger partial charge < -0.3 is 4.90 Å². The quantitative estimate of drug-likeness (QED) is 0.173. The van der Waals surface area contributed by atoms with Crippen molar-refractivity contribution in [3.05, 3.63) is 247 Å². The van der Waals surface area contributed by atoms with Gasteiger partial charge in [-0.2, -0.15) is 0 Å². The monoisotopic (exact) mass is 811 g/mol. The summed E-state index contributed by atoms with van der Waals surface area (Å²) in [5.41, 5.74) is 21.6. The molecule has 0 unspecified atom stereocenters. The topological polar surface area (TPSA) is 29.0 Å². The Morgan fingerprint density at radius 2 is 0.938 bits per heavy atom. The van der Waals surface area contributed by atoms with Gasteiger partial charge in [-0.05, 0) is 121 Å². The van der Waals surface area contributed by atoms with Gasteiger partial charge in [0, 0.05) is 39.1 Å². The smallest absolute Gasteiger partial charge is 0.161 e. The van der Waals surface area contributed by atoms with E-state index in [4.69, 9.17) is 9.97 Å². The highest BCUT2D eigenvalue weighted by Gasteiger charge is 2.53. The minimum absolute atomic E-state index is 0.640. The second-order valence-corrected chi connectivity index (χ2v) is 17.2. The van der Waals surface area contributed by atoms with Gasteiger partial charge in [0.2, 0.25) is 0 Å². The first-order valence-corrected chi connectivity index (χ1v) is 22.1. The van der Waals surface area contributed by atoms with Crippen molar-refractivity contribution in [2.24, 2.45) is 0 Å². The molecule has 1 spiro atoms. The fraction of sp³-hybridized carbons (Fsp3) is 0.0164. The molecule has 3 nitrogen and oxygen atoms in total. The minimum Gasteiger partial charge on any atom is -0.310 e. The van der Waals surface area contributed by atoms with Crippen molar-refractivity contribution in [3.8, 4) is 67.2 Å². The van der Waals surface area contributed by atoms with E-state index in [1.54, 1.807) is 0 Å². The van der Waals surface area contributed by atoms with Crippen LogP contribution in [0.25, 0.3) is 88.8 Å². The molecule has 0 fully saturated rings. The van der Waals surface area contributed by atoms with Gasteiger partial charge in [-0.25, -0.2) is 9.97 Å². The minimum atomic E-state index is -0.640. The normalized spacial score (nSPS) is 13.1. The summed E-state index contributed by atoms with van der Waals surface area (Å²) in [5, 5.41) is 3.56. The van der Waals surface area contributed by atoms with Crippen LogP contribution in [0.3, 0.4) is 0 Å². The second kappa shape index (κ2) is 13.3. The largest absolute Gasteiger partial charge is 0.310 e. The molecule has 0 amide bonds. The molecule has 296 valence electrons. The first-order chi connectivity index (χ1) is 31.8. The Kier molecular flexibility index (Phi) is 7.32. The van der Waals surface area contributed by atoms with Crippen LogP contribution < -0.4 is 4.90 Å². The molecule has 0 bridgehead atoms. The highest BCUT2D eigenvalue weighted by Crippen LogP contribution is 2.67. The Bertz CT molecular complexity index is 3630. The summed E-state index contributed by atoms with van der Waals surface area (Å²) in [7, 11) is 0. The molecular weight excluding hydrogens is 775 g/mol. The number of rotatable bonds is 5. The van der Waals surface area contributed by atoms with Crippen molar-refractivity contribution in [1.29, 1.82) is 0 Å². The maximum Gasteiger partial charge on any atom is 0.161 e. The molecule has 3 heteroatoms. The number of benzene rings is 10. The highest BCUT2D eigenvalue weighted by molar-refractivity contribution is 6.21. The van der Waals surface area contributed by atoms with Crippen molar-refractivity contribution in [3.63, 3.8) is 0 Å². The zero-order chi connectivity index (χ0) is 41.9. The van der Waals surface area contributed by atoms with E-state index in [9.17, 15) is 0 Å². The lowest BCUT2D eigenvalue weighted by Crippen LogP contribution is -2.26. The van der Waals surface area contributed by atoms with Crippen LogP contribution in [-0.4, -0.2) is 9.97 Å². The Morgan fingerprint density at radius 3 is 1.64 bits per heavy atom. The Balaban J connectivity index is 1.17. The number of hydrogen-bond acceptors (Lipinski definition) is 3. The van der Waals surface area contributed by atoms with Crippen LogP contribution in [0.5, 0.6) is 0 Å². The molecule has 0 aliphatic heterocycles. The van der Waals surface area contributed by atoms with E-state index >= 15 is 0 Å². The third-order valence-electron chi connectivity index (χ3n) is 14.0. The van der Waals surface area contributed by atoms with Gasteiger partial charge in [0.1, 0.15) is 0 Å².